The van der Waals surface area contributed by atoms with E-state index in [0.717, 1.165) is 10.9 Å². The van der Waals surface area contributed by atoms with Gasteiger partial charge in [-0.05, 0) is 25.1 Å². The van der Waals surface area contributed by atoms with E-state index >= 15 is 0 Å². The summed E-state index contributed by atoms with van der Waals surface area (Å²) < 4.78 is 35.4. The van der Waals surface area contributed by atoms with Gasteiger partial charge in [0.05, 0.1) is 13.4 Å². The molecular formula is C16H20N2O5S. The van der Waals surface area contributed by atoms with Crippen LogP contribution >= 0.6 is 0 Å². The highest BCUT2D eigenvalue weighted by Crippen LogP contribution is 2.29. The maximum atomic E-state index is 12.7. The molecule has 7 nitrogen and oxygen atoms in total. The zero-order chi connectivity index (χ0) is 17.5. The highest BCUT2D eigenvalue weighted by atomic mass is 32.2. The molecule has 2 aromatic rings. The number of carbonyl (C=O) groups excluding carboxylic acids is 1. The van der Waals surface area contributed by atoms with Crippen LogP contribution in [-0.4, -0.2) is 63.1 Å². The standard InChI is InChI=1S/C16H20N2O5S/c1-11-13-10-12(22-2)4-5-14(13)23-15(11)16(19)17-6-8-18(9-7-17)24(3,20)21/h4-5,10H,6-9H2,1-3H3. The Bertz CT molecular complexity index is 879. The van der Waals surface area contributed by atoms with Crippen LogP contribution in [0.15, 0.2) is 22.6 Å². The highest BCUT2D eigenvalue weighted by Gasteiger charge is 2.29. The predicted molar refractivity (Wildman–Crippen MR) is 89.8 cm³/mol. The van der Waals surface area contributed by atoms with Crippen molar-refractivity contribution in [3.05, 3.63) is 29.5 Å². The number of hydrogen-bond acceptors (Lipinski definition) is 5. The summed E-state index contributed by atoms with van der Waals surface area (Å²) in [4.78, 5) is 14.4. The summed E-state index contributed by atoms with van der Waals surface area (Å²) in [6, 6.07) is 5.40. The molecule has 1 aromatic carbocycles. The molecule has 3 rings (SSSR count). The van der Waals surface area contributed by atoms with E-state index < -0.39 is 10.0 Å². The molecule has 0 aliphatic carbocycles. The minimum Gasteiger partial charge on any atom is -0.497 e. The maximum Gasteiger partial charge on any atom is 0.289 e. The molecule has 24 heavy (non-hydrogen) atoms. The molecule has 0 N–H and O–H groups in total. The van der Waals surface area contributed by atoms with Crippen LogP contribution < -0.4 is 4.74 Å². The van der Waals surface area contributed by atoms with E-state index in [1.165, 1.54) is 10.6 Å². The van der Waals surface area contributed by atoms with Gasteiger partial charge in [-0.2, -0.15) is 4.31 Å². The second-order valence-corrected chi connectivity index (χ2v) is 7.85. The fourth-order valence-corrected chi connectivity index (χ4v) is 3.72. The Balaban J connectivity index is 1.83. The first kappa shape index (κ1) is 16.8. The Kier molecular flexibility index (Phi) is 4.27. The molecule has 1 amide bonds. The fourth-order valence-electron chi connectivity index (χ4n) is 2.90. The normalized spacial score (nSPS) is 16.5. The minimum absolute atomic E-state index is 0.212. The summed E-state index contributed by atoms with van der Waals surface area (Å²) in [5.74, 6) is 0.786. The van der Waals surface area contributed by atoms with Gasteiger partial charge in [-0.3, -0.25) is 4.79 Å². The number of hydrogen-bond donors (Lipinski definition) is 0. The fraction of sp³-hybridized carbons (Fsp3) is 0.438. The van der Waals surface area contributed by atoms with Crippen LogP contribution in [0, 0.1) is 6.92 Å². The van der Waals surface area contributed by atoms with Gasteiger partial charge in [0.25, 0.3) is 5.91 Å². The molecule has 130 valence electrons. The first-order chi connectivity index (χ1) is 11.3. The molecule has 0 radical (unpaired) electrons. The zero-order valence-corrected chi connectivity index (χ0v) is 14.7. The third kappa shape index (κ3) is 2.99. The van der Waals surface area contributed by atoms with Gasteiger partial charge in [-0.15, -0.1) is 0 Å². The molecule has 1 fully saturated rings. The summed E-state index contributed by atoms with van der Waals surface area (Å²) in [5, 5.41) is 0.840. The average Bonchev–Trinajstić information content (AvgIpc) is 2.90. The van der Waals surface area contributed by atoms with Crippen molar-refractivity contribution < 1.29 is 22.4 Å². The van der Waals surface area contributed by atoms with E-state index in [-0.39, 0.29) is 5.91 Å². The van der Waals surface area contributed by atoms with Crippen LogP contribution in [0.4, 0.5) is 0 Å². The topological polar surface area (TPSA) is 80.1 Å². The maximum absolute atomic E-state index is 12.7. The summed E-state index contributed by atoms with van der Waals surface area (Å²) >= 11 is 0. The van der Waals surface area contributed by atoms with Gasteiger partial charge in [0, 0.05) is 37.1 Å². The van der Waals surface area contributed by atoms with Gasteiger partial charge < -0.3 is 14.1 Å². The number of rotatable bonds is 3. The lowest BCUT2D eigenvalue weighted by Crippen LogP contribution is -2.50. The van der Waals surface area contributed by atoms with Crippen molar-refractivity contribution in [2.45, 2.75) is 6.92 Å². The number of furan rings is 1. The lowest BCUT2D eigenvalue weighted by atomic mass is 10.1. The monoisotopic (exact) mass is 352 g/mol. The number of nitrogens with zero attached hydrogens (tertiary/aromatic N) is 2. The molecule has 0 unspecified atom stereocenters. The number of aryl methyl sites for hydroxylation is 1. The molecule has 8 heteroatoms. The quantitative estimate of drug-likeness (QED) is 0.836. The molecular weight excluding hydrogens is 332 g/mol. The van der Waals surface area contributed by atoms with Crippen molar-refractivity contribution in [3.63, 3.8) is 0 Å². The van der Waals surface area contributed by atoms with Crippen molar-refractivity contribution in [3.8, 4) is 5.75 Å². The summed E-state index contributed by atoms with van der Waals surface area (Å²) in [5.41, 5.74) is 1.39. The third-order valence-corrected chi connectivity index (χ3v) is 5.64. The van der Waals surface area contributed by atoms with Crippen LogP contribution in [-0.2, 0) is 10.0 Å². The summed E-state index contributed by atoms with van der Waals surface area (Å²) in [6.07, 6.45) is 1.18. The first-order valence-electron chi connectivity index (χ1n) is 7.63. The molecule has 0 saturated carbocycles. The van der Waals surface area contributed by atoms with Crippen LogP contribution in [0.1, 0.15) is 16.1 Å². The highest BCUT2D eigenvalue weighted by molar-refractivity contribution is 7.88. The van der Waals surface area contributed by atoms with Crippen LogP contribution in [0.25, 0.3) is 11.0 Å². The van der Waals surface area contributed by atoms with Gasteiger partial charge in [-0.25, -0.2) is 8.42 Å². The molecule has 1 aliphatic rings. The van der Waals surface area contributed by atoms with E-state index in [4.69, 9.17) is 9.15 Å². The second kappa shape index (κ2) is 6.10. The van der Waals surface area contributed by atoms with Gasteiger partial charge >= 0.3 is 0 Å². The van der Waals surface area contributed by atoms with E-state index in [2.05, 4.69) is 0 Å². The molecule has 0 bridgehead atoms. The molecule has 2 heterocycles. The van der Waals surface area contributed by atoms with Crippen molar-refractivity contribution in [1.82, 2.24) is 9.21 Å². The zero-order valence-electron chi connectivity index (χ0n) is 13.9. The molecule has 0 spiro atoms. The third-order valence-electron chi connectivity index (χ3n) is 4.33. The average molecular weight is 352 g/mol. The number of amides is 1. The number of piperazine rings is 1. The minimum atomic E-state index is -3.22. The first-order valence-corrected chi connectivity index (χ1v) is 9.47. The number of methoxy groups -OCH3 is 1. The largest absolute Gasteiger partial charge is 0.497 e. The molecule has 1 aromatic heterocycles. The Morgan fingerprint density at radius 3 is 2.46 bits per heavy atom. The lowest BCUT2D eigenvalue weighted by molar-refractivity contribution is 0.0667. The van der Waals surface area contributed by atoms with Crippen LogP contribution in [0.2, 0.25) is 0 Å². The van der Waals surface area contributed by atoms with Crippen molar-refractivity contribution in [1.29, 1.82) is 0 Å². The SMILES string of the molecule is COc1ccc2oc(C(=O)N3CCN(S(C)(=O)=O)CC3)c(C)c2c1. The van der Waals surface area contributed by atoms with Crippen molar-refractivity contribution in [2.75, 3.05) is 39.5 Å². The van der Waals surface area contributed by atoms with E-state index in [9.17, 15) is 13.2 Å². The summed E-state index contributed by atoms with van der Waals surface area (Å²) in [6.45, 7) is 3.15. The Labute approximate surface area is 140 Å². The Morgan fingerprint density at radius 2 is 1.88 bits per heavy atom. The van der Waals surface area contributed by atoms with Crippen LogP contribution in [0.3, 0.4) is 0 Å². The van der Waals surface area contributed by atoms with Crippen molar-refractivity contribution >= 4 is 26.9 Å². The van der Waals surface area contributed by atoms with E-state index in [1.807, 2.05) is 13.0 Å². The smallest absolute Gasteiger partial charge is 0.289 e. The van der Waals surface area contributed by atoms with Crippen LogP contribution in [0.5, 0.6) is 5.75 Å². The predicted octanol–water partition coefficient (Wildman–Crippen LogP) is 1.47. The lowest BCUT2D eigenvalue weighted by Gasteiger charge is -2.32. The molecule has 1 aliphatic heterocycles. The Hall–Kier alpha value is -2.06. The molecule has 1 saturated heterocycles. The Morgan fingerprint density at radius 1 is 1.21 bits per heavy atom. The van der Waals surface area contributed by atoms with Gasteiger partial charge in [0.2, 0.25) is 10.0 Å². The van der Waals surface area contributed by atoms with Crippen molar-refractivity contribution in [2.24, 2.45) is 0 Å². The number of sulfonamides is 1. The van der Waals surface area contributed by atoms with Gasteiger partial charge in [0.15, 0.2) is 5.76 Å². The van der Waals surface area contributed by atoms with Gasteiger partial charge in [-0.1, -0.05) is 0 Å². The second-order valence-electron chi connectivity index (χ2n) is 5.87. The number of fused-ring (bicyclic) bond motifs is 1. The number of carbonyl (C=O) groups is 1. The number of benzene rings is 1. The number of ether oxygens (including phenoxy) is 1. The molecule has 0 atom stereocenters. The van der Waals surface area contributed by atoms with Gasteiger partial charge in [0.1, 0.15) is 11.3 Å². The van der Waals surface area contributed by atoms with E-state index in [1.54, 1.807) is 24.1 Å². The van der Waals surface area contributed by atoms with E-state index in [0.29, 0.717) is 43.3 Å². The summed E-state index contributed by atoms with van der Waals surface area (Å²) in [7, 11) is -1.63.